The molecule has 0 radical (unpaired) electrons. The van der Waals surface area contributed by atoms with E-state index in [1.54, 1.807) is 0 Å². The Hall–Kier alpha value is -1.79. The number of ether oxygens (including phenoxy) is 1. The lowest BCUT2D eigenvalue weighted by molar-refractivity contribution is -0.151. The second-order valence-electron chi connectivity index (χ2n) is 6.15. The number of piperidine rings is 1. The smallest absolute Gasteiger partial charge is 0.407 e. The summed E-state index contributed by atoms with van der Waals surface area (Å²) < 4.78 is 4.80. The Bertz CT molecular complexity index is 369. The van der Waals surface area contributed by atoms with Gasteiger partial charge in [0.25, 0.3) is 0 Å². The lowest BCUT2D eigenvalue weighted by atomic mass is 9.93. The number of nitrogens with one attached hydrogen (secondary N) is 1. The molecule has 1 aliphatic heterocycles. The average molecular weight is 301 g/mol. The van der Waals surface area contributed by atoms with Gasteiger partial charge < -0.3 is 20.5 Å². The number of hydrogen-bond donors (Lipinski definition) is 3. The average Bonchev–Trinajstić information content (AvgIpc) is 2.26. The zero-order valence-electron chi connectivity index (χ0n) is 13.3. The van der Waals surface area contributed by atoms with E-state index >= 15 is 0 Å². The van der Waals surface area contributed by atoms with Crippen LogP contribution in [0.25, 0.3) is 0 Å². The first-order chi connectivity index (χ1) is 9.51. The van der Waals surface area contributed by atoms with Crippen LogP contribution >= 0.6 is 0 Å². The summed E-state index contributed by atoms with van der Waals surface area (Å²) in [6.45, 7) is 8.09. The van der Waals surface area contributed by atoms with Gasteiger partial charge in [-0.1, -0.05) is 0 Å². The maximum Gasteiger partial charge on any atom is 0.407 e. The van der Waals surface area contributed by atoms with Crippen molar-refractivity contribution in [1.29, 1.82) is 5.41 Å². The minimum atomic E-state index is -0.846. The highest BCUT2D eigenvalue weighted by atomic mass is 16.6. The zero-order valence-corrected chi connectivity index (χ0v) is 13.3. The molecule has 7 nitrogen and oxygen atoms in total. The Morgan fingerprint density at radius 2 is 1.81 bits per heavy atom. The summed E-state index contributed by atoms with van der Waals surface area (Å²) in [5.74, 6) is 0.374. The van der Waals surface area contributed by atoms with E-state index in [9.17, 15) is 9.59 Å². The molecule has 122 valence electrons. The van der Waals surface area contributed by atoms with Gasteiger partial charge >= 0.3 is 12.1 Å². The summed E-state index contributed by atoms with van der Waals surface area (Å²) in [6.07, 6.45) is 1.41. The number of rotatable bonds is 2. The third-order valence-electron chi connectivity index (χ3n) is 2.84. The van der Waals surface area contributed by atoms with E-state index < -0.39 is 6.09 Å². The molecule has 21 heavy (non-hydrogen) atoms. The van der Waals surface area contributed by atoms with Crippen LogP contribution in [0.15, 0.2) is 0 Å². The predicted molar refractivity (Wildman–Crippen MR) is 80.4 cm³/mol. The molecule has 0 aromatic carbocycles. The van der Waals surface area contributed by atoms with Crippen molar-refractivity contribution in [1.82, 2.24) is 4.90 Å². The van der Waals surface area contributed by atoms with Crippen LogP contribution in [-0.2, 0) is 9.53 Å². The molecule has 0 spiro atoms. The normalized spacial score (nSPS) is 15.7. The van der Waals surface area contributed by atoms with Gasteiger partial charge in [-0.25, -0.2) is 4.79 Å². The Balaban J connectivity index is 0.000000433. The van der Waals surface area contributed by atoms with E-state index in [2.05, 4.69) is 0 Å². The summed E-state index contributed by atoms with van der Waals surface area (Å²) in [5.41, 5.74) is 4.94. The molecule has 1 aliphatic rings. The maximum atomic E-state index is 10.5. The lowest BCUT2D eigenvalue weighted by Gasteiger charge is -2.29. The molecule has 4 N–H and O–H groups in total. The number of nitrogens with zero attached hydrogens (tertiary/aromatic N) is 1. The Kier molecular flexibility index (Phi) is 7.76. The van der Waals surface area contributed by atoms with Gasteiger partial charge in [-0.2, -0.15) is 0 Å². The molecule has 1 rings (SSSR count). The molecule has 1 saturated heterocycles. The fourth-order valence-electron chi connectivity index (χ4n) is 2.07. The van der Waals surface area contributed by atoms with Gasteiger partial charge in [-0.3, -0.25) is 10.2 Å². The minimum absolute atomic E-state index is 0.203. The van der Waals surface area contributed by atoms with Gasteiger partial charge in [0.15, 0.2) is 0 Å². The van der Waals surface area contributed by atoms with E-state index in [4.69, 9.17) is 21.0 Å². The van der Waals surface area contributed by atoms with Crippen molar-refractivity contribution in [3.05, 3.63) is 0 Å². The monoisotopic (exact) mass is 301 g/mol. The Labute approximate surface area is 125 Å². The van der Waals surface area contributed by atoms with Crippen LogP contribution in [0, 0.1) is 11.3 Å². The molecule has 7 heteroatoms. The van der Waals surface area contributed by atoms with E-state index in [1.165, 1.54) is 11.8 Å². The fourth-order valence-corrected chi connectivity index (χ4v) is 2.07. The van der Waals surface area contributed by atoms with Gasteiger partial charge in [0.05, 0.1) is 5.84 Å². The molecule has 0 unspecified atom stereocenters. The van der Waals surface area contributed by atoms with E-state index in [1.807, 2.05) is 20.8 Å². The zero-order chi connectivity index (χ0) is 16.6. The highest BCUT2D eigenvalue weighted by Crippen LogP contribution is 2.19. The largest absolute Gasteiger partial charge is 0.465 e. The first kappa shape index (κ1) is 19.2. The molecule has 1 amide bonds. The van der Waals surface area contributed by atoms with Crippen LogP contribution < -0.4 is 5.73 Å². The number of carboxylic acid groups (broad SMARTS) is 1. The van der Waals surface area contributed by atoms with Crippen molar-refractivity contribution in [2.75, 3.05) is 13.1 Å². The van der Waals surface area contributed by atoms with Gasteiger partial charge in [0, 0.05) is 26.4 Å². The molecule has 1 fully saturated rings. The molecule has 0 aromatic rings. The van der Waals surface area contributed by atoms with Crippen LogP contribution in [0.5, 0.6) is 0 Å². The number of esters is 1. The summed E-state index contributed by atoms with van der Waals surface area (Å²) >= 11 is 0. The van der Waals surface area contributed by atoms with E-state index in [-0.39, 0.29) is 17.4 Å². The Morgan fingerprint density at radius 3 is 2.05 bits per heavy atom. The number of likely N-dealkylation sites (tertiary alicyclic amines) is 1. The number of carbonyl (C=O) groups excluding carboxylic acids is 1. The fraction of sp³-hybridized carbons (Fsp3) is 0.786. The second kappa shape index (κ2) is 8.49. The number of nitrogens with two attached hydrogens (primary N) is 1. The summed E-state index contributed by atoms with van der Waals surface area (Å²) in [7, 11) is 0. The van der Waals surface area contributed by atoms with Crippen LogP contribution in [0.4, 0.5) is 4.79 Å². The van der Waals surface area contributed by atoms with Gasteiger partial charge in [-0.05, 0) is 39.5 Å². The lowest BCUT2D eigenvalue weighted by Crippen LogP contribution is -2.38. The summed E-state index contributed by atoms with van der Waals surface area (Å²) in [6, 6.07) is 0. The molecular formula is C14H27N3O4. The molecule has 0 atom stereocenters. The third-order valence-corrected chi connectivity index (χ3v) is 2.84. The molecule has 1 heterocycles. The standard InChI is InChI=1S/C8H15N3O2.C6H12O2/c9-7(10)5-6-1-3-11(4-2-6)8(12)13;1-5(7)8-6(2,3)4/h6H,1-5H2,(H3,9,10)(H,12,13);1-4H3. The first-order valence-electron chi connectivity index (χ1n) is 7.01. The minimum Gasteiger partial charge on any atom is -0.465 e. The highest BCUT2D eigenvalue weighted by Gasteiger charge is 2.22. The first-order valence-corrected chi connectivity index (χ1v) is 7.01. The predicted octanol–water partition coefficient (Wildman–Crippen LogP) is 2.05. The van der Waals surface area contributed by atoms with Crippen LogP contribution in [0.1, 0.15) is 47.0 Å². The van der Waals surface area contributed by atoms with Crippen molar-refractivity contribution in [2.24, 2.45) is 11.7 Å². The molecule has 0 aliphatic carbocycles. The van der Waals surface area contributed by atoms with Crippen molar-refractivity contribution >= 4 is 17.9 Å². The topological polar surface area (TPSA) is 117 Å². The highest BCUT2D eigenvalue weighted by molar-refractivity contribution is 5.77. The van der Waals surface area contributed by atoms with Crippen molar-refractivity contribution in [3.8, 4) is 0 Å². The van der Waals surface area contributed by atoms with Crippen LogP contribution in [0.2, 0.25) is 0 Å². The molecule has 0 bridgehead atoms. The van der Waals surface area contributed by atoms with Crippen LogP contribution in [0.3, 0.4) is 0 Å². The number of hydrogen-bond acceptors (Lipinski definition) is 4. The quantitative estimate of drug-likeness (QED) is 0.410. The van der Waals surface area contributed by atoms with E-state index in [0.29, 0.717) is 25.4 Å². The SMILES string of the molecule is CC(=O)OC(C)(C)C.N=C(N)CC1CCN(C(=O)O)CC1. The van der Waals surface area contributed by atoms with Crippen molar-refractivity contribution in [2.45, 2.75) is 52.6 Å². The van der Waals surface area contributed by atoms with Gasteiger partial charge in [0.1, 0.15) is 5.60 Å². The van der Waals surface area contributed by atoms with Gasteiger partial charge in [0.2, 0.25) is 0 Å². The molecule has 0 saturated carbocycles. The second-order valence-corrected chi connectivity index (χ2v) is 6.15. The van der Waals surface area contributed by atoms with Crippen molar-refractivity contribution in [3.63, 3.8) is 0 Å². The number of amides is 1. The summed E-state index contributed by atoms with van der Waals surface area (Å²) in [5, 5.41) is 15.8. The number of amidine groups is 1. The molecular weight excluding hydrogens is 274 g/mol. The maximum absolute atomic E-state index is 10.5. The summed E-state index contributed by atoms with van der Waals surface area (Å²) in [4.78, 5) is 22.2. The van der Waals surface area contributed by atoms with Crippen LogP contribution in [-0.4, -0.2) is 46.6 Å². The van der Waals surface area contributed by atoms with Gasteiger partial charge in [-0.15, -0.1) is 0 Å². The Morgan fingerprint density at radius 1 is 1.33 bits per heavy atom. The third kappa shape index (κ3) is 10.6. The number of carbonyl (C=O) groups is 2. The molecule has 0 aromatic heterocycles. The van der Waals surface area contributed by atoms with E-state index in [0.717, 1.165) is 12.8 Å². The van der Waals surface area contributed by atoms with Crippen molar-refractivity contribution < 1.29 is 19.4 Å².